The van der Waals surface area contributed by atoms with Crippen molar-refractivity contribution >= 4 is 56.1 Å². The maximum absolute atomic E-state index is 14.7. The lowest BCUT2D eigenvalue weighted by atomic mass is 9.76. The van der Waals surface area contributed by atoms with Gasteiger partial charge < -0.3 is 29.7 Å². The van der Waals surface area contributed by atoms with Crippen molar-refractivity contribution in [3.8, 4) is 22.8 Å². The van der Waals surface area contributed by atoms with E-state index in [4.69, 9.17) is 19.2 Å². The number of carbonyl (C=O) groups excluding carboxylic acids is 4. The molecule has 0 bridgehead atoms. The van der Waals surface area contributed by atoms with E-state index in [9.17, 15) is 27.6 Å². The van der Waals surface area contributed by atoms with Gasteiger partial charge in [0.25, 0.3) is 15.9 Å². The zero-order valence-corrected chi connectivity index (χ0v) is 34.7. The van der Waals surface area contributed by atoms with Crippen LogP contribution in [0.2, 0.25) is 0 Å². The fourth-order valence-corrected chi connectivity index (χ4v) is 8.94. The van der Waals surface area contributed by atoms with Gasteiger partial charge in [-0.3, -0.25) is 14.4 Å². The Bertz CT molecular complexity index is 2250. The van der Waals surface area contributed by atoms with Gasteiger partial charge in [-0.25, -0.2) is 22.9 Å². The Morgan fingerprint density at radius 1 is 0.965 bits per heavy atom. The summed E-state index contributed by atoms with van der Waals surface area (Å²) in [5.41, 5.74) is -1.09. The summed E-state index contributed by atoms with van der Waals surface area (Å²) in [5.74, 6) is -1.000. The minimum atomic E-state index is -4.18. The van der Waals surface area contributed by atoms with Gasteiger partial charge in [0.1, 0.15) is 45.0 Å². The summed E-state index contributed by atoms with van der Waals surface area (Å²) >= 11 is 0.963. The van der Waals surface area contributed by atoms with Gasteiger partial charge in [0.2, 0.25) is 11.8 Å². The Hall–Kier alpha value is -5.22. The molecule has 0 spiro atoms. The van der Waals surface area contributed by atoms with Crippen LogP contribution in [0.5, 0.6) is 11.5 Å². The van der Waals surface area contributed by atoms with Crippen LogP contribution in [0, 0.1) is 5.41 Å². The van der Waals surface area contributed by atoms with Gasteiger partial charge in [0.15, 0.2) is 0 Å². The van der Waals surface area contributed by atoms with Crippen molar-refractivity contribution in [2.24, 2.45) is 5.41 Å². The molecule has 0 radical (unpaired) electrons. The van der Waals surface area contributed by atoms with Crippen molar-refractivity contribution in [2.45, 2.75) is 101 Å². The molecule has 3 unspecified atom stereocenters. The normalized spacial score (nSPS) is 18.5. The third kappa shape index (κ3) is 9.33. The first-order valence-corrected chi connectivity index (χ1v) is 21.1. The number of sulfonamides is 1. The number of hydrogen-bond acceptors (Lipinski definition) is 11. The van der Waals surface area contributed by atoms with E-state index in [2.05, 4.69) is 15.4 Å². The molecular formula is C41H49N5O9S2. The molecule has 2 fully saturated rings. The van der Waals surface area contributed by atoms with E-state index in [1.54, 1.807) is 72.2 Å². The average Bonchev–Trinajstić information content (AvgIpc) is 3.82. The minimum absolute atomic E-state index is 0.0205. The summed E-state index contributed by atoms with van der Waals surface area (Å²) in [5, 5.41) is 7.82. The topological polar surface area (TPSA) is 182 Å². The number of benzene rings is 2. The second-order valence-electron chi connectivity index (χ2n) is 16.5. The third-order valence-electron chi connectivity index (χ3n) is 9.96. The number of methoxy groups -OCH3 is 1. The van der Waals surface area contributed by atoms with Gasteiger partial charge in [-0.05, 0) is 69.0 Å². The number of likely N-dealkylation sites (tertiary alicyclic amines) is 1. The Balaban J connectivity index is 1.34. The number of hydrogen-bond donors (Lipinski definition) is 3. The predicted molar refractivity (Wildman–Crippen MR) is 215 cm³/mol. The van der Waals surface area contributed by atoms with Crippen LogP contribution in [0.4, 0.5) is 4.79 Å². The van der Waals surface area contributed by atoms with Crippen LogP contribution < -0.4 is 24.8 Å². The molecule has 16 heteroatoms. The number of carbonyl (C=O) groups is 4. The van der Waals surface area contributed by atoms with Crippen molar-refractivity contribution in [1.82, 2.24) is 25.2 Å². The van der Waals surface area contributed by atoms with Crippen molar-refractivity contribution in [1.29, 1.82) is 0 Å². The van der Waals surface area contributed by atoms with Crippen LogP contribution in [0.1, 0.15) is 67.2 Å². The Labute approximate surface area is 336 Å². The molecule has 1 saturated carbocycles. The van der Waals surface area contributed by atoms with E-state index >= 15 is 0 Å². The van der Waals surface area contributed by atoms with E-state index in [0.29, 0.717) is 34.5 Å². The van der Waals surface area contributed by atoms with Gasteiger partial charge in [0.05, 0.1) is 24.9 Å². The van der Waals surface area contributed by atoms with Gasteiger partial charge >= 0.3 is 6.09 Å². The number of ether oxygens (including phenoxy) is 3. The monoisotopic (exact) mass is 819 g/mol. The largest absolute Gasteiger partial charge is 0.497 e. The fourth-order valence-electron chi connectivity index (χ4n) is 6.90. The van der Waals surface area contributed by atoms with Crippen LogP contribution in [-0.4, -0.2) is 85.1 Å². The van der Waals surface area contributed by atoms with Gasteiger partial charge in [-0.1, -0.05) is 57.2 Å². The summed E-state index contributed by atoms with van der Waals surface area (Å²) in [6, 6.07) is 17.5. The predicted octanol–water partition coefficient (Wildman–Crippen LogP) is 5.80. The summed E-state index contributed by atoms with van der Waals surface area (Å²) in [7, 11) is -2.61. The molecule has 4 amide bonds. The molecule has 6 rings (SSSR count). The molecule has 2 aliphatic rings. The number of aromatic nitrogens is 1. The maximum Gasteiger partial charge on any atom is 0.408 e. The summed E-state index contributed by atoms with van der Waals surface area (Å²) < 4.78 is 45.8. The summed E-state index contributed by atoms with van der Waals surface area (Å²) in [6.07, 6.45) is -0.537. The lowest BCUT2D eigenvalue weighted by Gasteiger charge is -2.42. The first-order chi connectivity index (χ1) is 26.8. The fraction of sp³-hybridized carbons (Fsp3) is 0.439. The third-order valence-corrected chi connectivity index (χ3v) is 12.7. The molecule has 3 N–H and O–H groups in total. The zero-order chi connectivity index (χ0) is 41.3. The Morgan fingerprint density at radius 2 is 1.68 bits per heavy atom. The van der Waals surface area contributed by atoms with Crippen molar-refractivity contribution in [3.05, 3.63) is 72.1 Å². The molecule has 1 aliphatic heterocycles. The Morgan fingerprint density at radius 3 is 2.28 bits per heavy atom. The number of alkyl carbamates (subject to hydrolysis) is 1. The first kappa shape index (κ1) is 41.4. The highest BCUT2D eigenvalue weighted by Gasteiger charge is 2.51. The smallest absolute Gasteiger partial charge is 0.408 e. The molecule has 304 valence electrons. The van der Waals surface area contributed by atoms with Crippen molar-refractivity contribution in [2.75, 3.05) is 13.7 Å². The van der Waals surface area contributed by atoms with E-state index in [-0.39, 0.29) is 30.0 Å². The number of pyridine rings is 1. The molecule has 2 aromatic heterocycles. The van der Waals surface area contributed by atoms with E-state index < -0.39 is 68.6 Å². The molecule has 2 aromatic carbocycles. The number of fused-ring (bicyclic) bond motifs is 1. The SMILES string of the molecule is COc1ccc2c(OC3CC(C(=O)NC4(C(=O)NS(=O)(=O)c5cccs5)CCC4)N(C(=O)C(NC(=O)OC(C)(C)C)C(C)(C)C)C3)cc(-c3ccccc3)nc2c1. The summed E-state index contributed by atoms with van der Waals surface area (Å²) in [4.78, 5) is 62.1. The number of nitrogens with zero attached hydrogens (tertiary/aromatic N) is 2. The van der Waals surface area contributed by atoms with Crippen molar-refractivity contribution in [3.63, 3.8) is 0 Å². The highest BCUT2D eigenvalue weighted by atomic mass is 32.2. The first-order valence-electron chi connectivity index (χ1n) is 18.7. The molecule has 3 heterocycles. The van der Waals surface area contributed by atoms with Gasteiger partial charge in [0, 0.05) is 29.5 Å². The van der Waals surface area contributed by atoms with Crippen LogP contribution in [0.3, 0.4) is 0 Å². The molecule has 14 nitrogen and oxygen atoms in total. The average molecular weight is 820 g/mol. The quantitative estimate of drug-likeness (QED) is 0.167. The van der Waals surface area contributed by atoms with E-state index in [1.165, 1.54) is 11.0 Å². The summed E-state index contributed by atoms with van der Waals surface area (Å²) in [6.45, 7) is 10.4. The van der Waals surface area contributed by atoms with Crippen LogP contribution in [0.15, 0.2) is 76.3 Å². The minimum Gasteiger partial charge on any atom is -0.497 e. The van der Waals surface area contributed by atoms with Crippen LogP contribution in [-0.2, 0) is 29.1 Å². The van der Waals surface area contributed by atoms with Crippen molar-refractivity contribution < 1.29 is 41.8 Å². The zero-order valence-electron chi connectivity index (χ0n) is 33.1. The number of rotatable bonds is 11. The number of thiophene rings is 1. The van der Waals surface area contributed by atoms with Gasteiger partial charge in [-0.15, -0.1) is 11.3 Å². The molecule has 57 heavy (non-hydrogen) atoms. The van der Waals surface area contributed by atoms with E-state index in [0.717, 1.165) is 16.9 Å². The highest BCUT2D eigenvalue weighted by Crippen LogP contribution is 2.37. The molecule has 1 saturated heterocycles. The molecule has 4 aromatic rings. The Kier molecular flexibility index (Phi) is 11.6. The number of amides is 4. The second-order valence-corrected chi connectivity index (χ2v) is 19.3. The standard InChI is InChI=1S/C41H49N5O9S2/c1-39(2,3)34(43-38(50)55-40(4,5)6)36(48)46-24-27(54-32-23-29(25-13-9-8-10-14-25)42-30-21-26(53-7)16-17-28(30)32)22-31(46)35(47)44-41(18-12-19-41)37(49)45-57(51,52)33-15-11-20-56-33/h8-11,13-17,20-21,23,27,31,34H,12,18-19,22,24H2,1-7H3,(H,43,50)(H,44,47)(H,45,49). The van der Waals surface area contributed by atoms with Crippen LogP contribution in [0.25, 0.3) is 22.2 Å². The highest BCUT2D eigenvalue weighted by molar-refractivity contribution is 7.92. The molecular weight excluding hydrogens is 771 g/mol. The number of nitrogens with one attached hydrogen (secondary N) is 3. The van der Waals surface area contributed by atoms with E-state index in [1.807, 2.05) is 42.5 Å². The van der Waals surface area contributed by atoms with Gasteiger partial charge in [-0.2, -0.15) is 0 Å². The lowest BCUT2D eigenvalue weighted by Crippen LogP contribution is -2.66. The molecule has 1 aliphatic carbocycles. The lowest BCUT2D eigenvalue weighted by molar-refractivity contribution is -0.144. The maximum atomic E-state index is 14.7. The van der Waals surface area contributed by atoms with Crippen LogP contribution >= 0.6 is 11.3 Å². The molecule has 3 atom stereocenters. The second kappa shape index (κ2) is 16.0.